The average molecular weight is 294 g/mol. The number of nitrogens with zero attached hydrogens (tertiary/aromatic N) is 1. The molecule has 122 valence electrons. The van der Waals surface area contributed by atoms with E-state index in [0.717, 1.165) is 19.0 Å². The Labute approximate surface area is 130 Å². The molecule has 2 fully saturated rings. The first-order valence-electron chi connectivity index (χ1n) is 9.35. The normalized spacial score (nSPS) is 22.2. The first-order chi connectivity index (χ1) is 10.4. The van der Waals surface area contributed by atoms with Crippen molar-refractivity contribution in [1.29, 1.82) is 0 Å². The predicted octanol–water partition coefficient (Wildman–Crippen LogP) is 4.80. The third-order valence-corrected chi connectivity index (χ3v) is 4.79. The fourth-order valence-electron chi connectivity index (χ4n) is 3.43. The number of unbranched alkanes of at least 4 members (excludes halogenated alkanes) is 2. The Morgan fingerprint density at radius 1 is 0.952 bits per heavy atom. The Bertz CT molecular complexity index is 292. The Morgan fingerprint density at radius 2 is 1.62 bits per heavy atom. The predicted molar refractivity (Wildman–Crippen MR) is 89.8 cm³/mol. The minimum absolute atomic E-state index is 0.496. The highest BCUT2D eigenvalue weighted by atomic mass is 16.5. The Kier molecular flexibility index (Phi) is 7.98. The van der Waals surface area contributed by atoms with Crippen LogP contribution in [-0.2, 0) is 4.74 Å². The van der Waals surface area contributed by atoms with Crippen molar-refractivity contribution in [3.05, 3.63) is 0 Å². The van der Waals surface area contributed by atoms with E-state index < -0.39 is 0 Å². The van der Waals surface area contributed by atoms with Crippen LogP contribution >= 0.6 is 0 Å². The second-order valence-corrected chi connectivity index (χ2v) is 6.76. The van der Waals surface area contributed by atoms with E-state index in [2.05, 4.69) is 12.2 Å². The van der Waals surface area contributed by atoms with Gasteiger partial charge in [-0.15, -0.1) is 0 Å². The number of nitrogens with one attached hydrogen (secondary N) is 1. The molecule has 0 aliphatic heterocycles. The first kappa shape index (κ1) is 16.6. The highest BCUT2D eigenvalue weighted by Crippen LogP contribution is 2.21. The van der Waals surface area contributed by atoms with E-state index in [-0.39, 0.29) is 0 Å². The van der Waals surface area contributed by atoms with Gasteiger partial charge in [-0.3, -0.25) is 0 Å². The van der Waals surface area contributed by atoms with E-state index in [1.165, 1.54) is 77.0 Å². The summed E-state index contributed by atoms with van der Waals surface area (Å²) < 4.78 is 5.99. The van der Waals surface area contributed by atoms with Gasteiger partial charge in [0.1, 0.15) is 0 Å². The van der Waals surface area contributed by atoms with Gasteiger partial charge in [-0.05, 0) is 32.1 Å². The van der Waals surface area contributed by atoms with Crippen LogP contribution in [0.5, 0.6) is 0 Å². The van der Waals surface area contributed by atoms with Gasteiger partial charge in [-0.2, -0.15) is 0 Å². The zero-order valence-corrected chi connectivity index (χ0v) is 13.9. The van der Waals surface area contributed by atoms with E-state index in [9.17, 15) is 0 Å². The standard InChI is InChI=1S/C18H34N2O/c1-2-3-10-15-21-18(19-16-11-6-4-7-12-16)20-17-13-8-5-9-14-17/h16-17H,2-15H2,1H3,(H,19,20). The van der Waals surface area contributed by atoms with Crippen LogP contribution in [0.2, 0.25) is 0 Å². The molecule has 2 saturated carbocycles. The molecule has 2 aliphatic rings. The van der Waals surface area contributed by atoms with Crippen molar-refractivity contribution in [3.63, 3.8) is 0 Å². The highest BCUT2D eigenvalue weighted by molar-refractivity contribution is 5.74. The molecule has 21 heavy (non-hydrogen) atoms. The smallest absolute Gasteiger partial charge is 0.285 e. The van der Waals surface area contributed by atoms with Crippen LogP contribution in [0.4, 0.5) is 0 Å². The molecule has 2 aliphatic carbocycles. The van der Waals surface area contributed by atoms with Crippen molar-refractivity contribution in [2.24, 2.45) is 4.99 Å². The molecule has 3 nitrogen and oxygen atoms in total. The van der Waals surface area contributed by atoms with Crippen molar-refractivity contribution in [2.75, 3.05) is 6.61 Å². The zero-order valence-electron chi connectivity index (χ0n) is 13.9. The number of aliphatic imine (C=N–C) groups is 1. The lowest BCUT2D eigenvalue weighted by Crippen LogP contribution is -2.38. The third-order valence-electron chi connectivity index (χ3n) is 4.79. The van der Waals surface area contributed by atoms with E-state index in [4.69, 9.17) is 9.73 Å². The van der Waals surface area contributed by atoms with Crippen LogP contribution in [0.15, 0.2) is 4.99 Å². The molecule has 0 amide bonds. The quantitative estimate of drug-likeness (QED) is 0.433. The van der Waals surface area contributed by atoms with Gasteiger partial charge in [-0.1, -0.05) is 58.3 Å². The van der Waals surface area contributed by atoms with Crippen molar-refractivity contribution in [3.8, 4) is 0 Å². The SMILES string of the molecule is CCCCCO/C(=N\C1CCCCC1)NC1CCCCC1. The van der Waals surface area contributed by atoms with Crippen LogP contribution < -0.4 is 5.32 Å². The average Bonchev–Trinajstić information content (AvgIpc) is 2.53. The van der Waals surface area contributed by atoms with Gasteiger partial charge in [0.2, 0.25) is 0 Å². The molecule has 3 heteroatoms. The summed E-state index contributed by atoms with van der Waals surface area (Å²) >= 11 is 0. The van der Waals surface area contributed by atoms with Crippen LogP contribution in [-0.4, -0.2) is 24.7 Å². The lowest BCUT2D eigenvalue weighted by molar-refractivity contribution is 0.261. The van der Waals surface area contributed by atoms with Crippen molar-refractivity contribution in [2.45, 2.75) is 102 Å². The maximum atomic E-state index is 5.99. The van der Waals surface area contributed by atoms with Crippen molar-refractivity contribution >= 4 is 6.02 Å². The van der Waals surface area contributed by atoms with Crippen LogP contribution in [0.3, 0.4) is 0 Å². The summed E-state index contributed by atoms with van der Waals surface area (Å²) in [5, 5.41) is 3.61. The Hall–Kier alpha value is -0.730. The fraction of sp³-hybridized carbons (Fsp3) is 0.944. The third kappa shape index (κ3) is 6.71. The molecule has 2 rings (SSSR count). The van der Waals surface area contributed by atoms with Gasteiger partial charge in [-0.25, -0.2) is 4.99 Å². The van der Waals surface area contributed by atoms with Gasteiger partial charge in [0.05, 0.1) is 12.6 Å². The molecular formula is C18H34N2O. The van der Waals surface area contributed by atoms with Gasteiger partial charge in [0, 0.05) is 6.04 Å². The second kappa shape index (κ2) is 10.1. The largest absolute Gasteiger partial charge is 0.465 e. The number of hydrogen-bond acceptors (Lipinski definition) is 2. The molecule has 0 aromatic carbocycles. The molecule has 1 N–H and O–H groups in total. The summed E-state index contributed by atoms with van der Waals surface area (Å²) in [6.45, 7) is 3.05. The minimum Gasteiger partial charge on any atom is -0.465 e. The summed E-state index contributed by atoms with van der Waals surface area (Å²) in [5.74, 6) is 0. The monoisotopic (exact) mass is 294 g/mol. The molecule has 0 unspecified atom stereocenters. The lowest BCUT2D eigenvalue weighted by Gasteiger charge is -2.26. The maximum Gasteiger partial charge on any atom is 0.285 e. The topological polar surface area (TPSA) is 33.6 Å². The summed E-state index contributed by atoms with van der Waals surface area (Å²) in [4.78, 5) is 4.91. The molecule has 0 heterocycles. The minimum atomic E-state index is 0.496. The van der Waals surface area contributed by atoms with Gasteiger partial charge in [0.25, 0.3) is 6.02 Å². The Balaban J connectivity index is 1.83. The van der Waals surface area contributed by atoms with Crippen molar-refractivity contribution < 1.29 is 4.74 Å². The zero-order chi connectivity index (χ0) is 14.8. The summed E-state index contributed by atoms with van der Waals surface area (Å²) in [6.07, 6.45) is 16.8. The van der Waals surface area contributed by atoms with Gasteiger partial charge in [0.15, 0.2) is 0 Å². The van der Waals surface area contributed by atoms with Gasteiger partial charge >= 0.3 is 0 Å². The van der Waals surface area contributed by atoms with E-state index in [0.29, 0.717) is 12.1 Å². The Morgan fingerprint density at radius 3 is 2.29 bits per heavy atom. The summed E-state index contributed by atoms with van der Waals surface area (Å²) in [7, 11) is 0. The van der Waals surface area contributed by atoms with Crippen LogP contribution in [0.1, 0.15) is 90.4 Å². The molecule has 0 aromatic rings. The van der Waals surface area contributed by atoms with Crippen molar-refractivity contribution in [1.82, 2.24) is 5.32 Å². The molecule has 0 saturated heterocycles. The summed E-state index contributed by atoms with van der Waals surface area (Å²) in [5.41, 5.74) is 0. The van der Waals surface area contributed by atoms with E-state index >= 15 is 0 Å². The molecule has 0 atom stereocenters. The molecule has 0 aromatic heterocycles. The van der Waals surface area contributed by atoms with E-state index in [1.807, 2.05) is 0 Å². The first-order valence-corrected chi connectivity index (χ1v) is 9.35. The second-order valence-electron chi connectivity index (χ2n) is 6.76. The molecule has 0 spiro atoms. The lowest BCUT2D eigenvalue weighted by atomic mass is 9.95. The number of amidine groups is 1. The molecule has 0 radical (unpaired) electrons. The maximum absolute atomic E-state index is 5.99. The fourth-order valence-corrected chi connectivity index (χ4v) is 3.43. The highest BCUT2D eigenvalue weighted by Gasteiger charge is 2.18. The van der Waals surface area contributed by atoms with E-state index in [1.54, 1.807) is 0 Å². The van der Waals surface area contributed by atoms with Crippen LogP contribution in [0.25, 0.3) is 0 Å². The number of rotatable bonds is 6. The number of ether oxygens (including phenoxy) is 1. The number of hydrogen-bond donors (Lipinski definition) is 1. The molecular weight excluding hydrogens is 260 g/mol. The van der Waals surface area contributed by atoms with Crippen LogP contribution in [0, 0.1) is 0 Å². The molecule has 0 bridgehead atoms. The summed E-state index contributed by atoms with van der Waals surface area (Å²) in [6, 6.07) is 1.94. The van der Waals surface area contributed by atoms with Gasteiger partial charge < -0.3 is 10.1 Å².